The smallest absolute Gasteiger partial charge is 0.128 e. The van der Waals surface area contributed by atoms with Gasteiger partial charge < -0.3 is 5.32 Å². The summed E-state index contributed by atoms with van der Waals surface area (Å²) in [6.07, 6.45) is 4.06. The molecule has 0 aliphatic carbocycles. The molecule has 0 saturated heterocycles. The van der Waals surface area contributed by atoms with Gasteiger partial charge >= 0.3 is 0 Å². The summed E-state index contributed by atoms with van der Waals surface area (Å²) >= 11 is 0. The van der Waals surface area contributed by atoms with Gasteiger partial charge in [0.15, 0.2) is 0 Å². The number of aromatic nitrogens is 1. The number of nitrogens with one attached hydrogen (secondary N) is 1. The van der Waals surface area contributed by atoms with E-state index < -0.39 is 0 Å². The van der Waals surface area contributed by atoms with E-state index >= 15 is 0 Å². The van der Waals surface area contributed by atoms with Gasteiger partial charge in [-0.25, -0.2) is 4.98 Å². The van der Waals surface area contributed by atoms with E-state index in [2.05, 4.69) is 53.6 Å². The van der Waals surface area contributed by atoms with Crippen molar-refractivity contribution in [3.63, 3.8) is 0 Å². The Bertz CT molecular complexity index is 451. The van der Waals surface area contributed by atoms with Crippen LogP contribution in [0, 0.1) is 6.92 Å². The molecule has 0 radical (unpaired) electrons. The van der Waals surface area contributed by atoms with Gasteiger partial charge in [0.05, 0.1) is 0 Å². The van der Waals surface area contributed by atoms with Gasteiger partial charge in [-0.05, 0) is 37.0 Å². The first kappa shape index (κ1) is 11.6. The summed E-state index contributed by atoms with van der Waals surface area (Å²) in [7, 11) is 0. The molecule has 1 aromatic carbocycles. The molecule has 0 atom stereocenters. The minimum Gasteiger partial charge on any atom is -0.370 e. The molecule has 2 nitrogen and oxygen atoms in total. The summed E-state index contributed by atoms with van der Waals surface area (Å²) < 4.78 is 0. The fourth-order valence-corrected chi connectivity index (χ4v) is 1.81. The number of benzene rings is 1. The van der Waals surface area contributed by atoms with Crippen molar-refractivity contribution in [3.05, 3.63) is 59.8 Å². The SMILES string of the molecule is Cc1cccnc1NCCCc1ccccc1. The zero-order chi connectivity index (χ0) is 11.9. The van der Waals surface area contributed by atoms with Gasteiger partial charge in [-0.15, -0.1) is 0 Å². The molecule has 17 heavy (non-hydrogen) atoms. The number of hydrogen-bond donors (Lipinski definition) is 1. The van der Waals surface area contributed by atoms with Crippen LogP contribution in [0.1, 0.15) is 17.5 Å². The van der Waals surface area contributed by atoms with Crippen molar-refractivity contribution in [3.8, 4) is 0 Å². The van der Waals surface area contributed by atoms with E-state index in [-0.39, 0.29) is 0 Å². The lowest BCUT2D eigenvalue weighted by molar-refractivity contribution is 0.858. The van der Waals surface area contributed by atoms with Gasteiger partial charge in [-0.2, -0.15) is 0 Å². The standard InChI is InChI=1S/C15H18N2/c1-13-7-5-11-16-15(13)17-12-6-10-14-8-3-2-4-9-14/h2-5,7-9,11H,6,10,12H2,1H3,(H,16,17). The lowest BCUT2D eigenvalue weighted by Crippen LogP contribution is -2.05. The van der Waals surface area contributed by atoms with Gasteiger partial charge in [0.1, 0.15) is 5.82 Å². The van der Waals surface area contributed by atoms with Gasteiger partial charge in [0.2, 0.25) is 0 Å². The van der Waals surface area contributed by atoms with Crippen molar-refractivity contribution in [2.75, 3.05) is 11.9 Å². The van der Waals surface area contributed by atoms with Gasteiger partial charge in [0, 0.05) is 12.7 Å². The number of aryl methyl sites for hydroxylation is 2. The number of anilines is 1. The Hall–Kier alpha value is -1.83. The summed E-state index contributed by atoms with van der Waals surface area (Å²) in [5, 5.41) is 3.37. The Morgan fingerprint density at radius 3 is 2.65 bits per heavy atom. The molecule has 0 fully saturated rings. The van der Waals surface area contributed by atoms with Crippen LogP contribution in [-0.4, -0.2) is 11.5 Å². The molecule has 0 unspecified atom stereocenters. The Morgan fingerprint density at radius 2 is 1.88 bits per heavy atom. The minimum absolute atomic E-state index is 0.965. The fourth-order valence-electron chi connectivity index (χ4n) is 1.81. The lowest BCUT2D eigenvalue weighted by atomic mass is 10.1. The average molecular weight is 226 g/mol. The second-order valence-corrected chi connectivity index (χ2v) is 4.18. The van der Waals surface area contributed by atoms with Crippen molar-refractivity contribution in [1.82, 2.24) is 4.98 Å². The van der Waals surface area contributed by atoms with Crippen molar-refractivity contribution >= 4 is 5.82 Å². The van der Waals surface area contributed by atoms with Crippen molar-refractivity contribution in [1.29, 1.82) is 0 Å². The first-order chi connectivity index (χ1) is 8.36. The largest absolute Gasteiger partial charge is 0.370 e. The molecular weight excluding hydrogens is 208 g/mol. The predicted molar refractivity (Wildman–Crippen MR) is 72.2 cm³/mol. The van der Waals surface area contributed by atoms with Gasteiger partial charge in [-0.1, -0.05) is 36.4 Å². The monoisotopic (exact) mass is 226 g/mol. The van der Waals surface area contributed by atoms with E-state index in [0.717, 1.165) is 25.2 Å². The third-order valence-electron chi connectivity index (χ3n) is 2.79. The normalized spacial score (nSPS) is 10.2. The molecule has 0 bridgehead atoms. The van der Waals surface area contributed by atoms with Crippen LogP contribution >= 0.6 is 0 Å². The van der Waals surface area contributed by atoms with Crippen LogP contribution in [0.3, 0.4) is 0 Å². The van der Waals surface area contributed by atoms with E-state index in [1.54, 1.807) is 0 Å². The molecule has 2 aromatic rings. The van der Waals surface area contributed by atoms with Crippen LogP contribution in [0.4, 0.5) is 5.82 Å². The lowest BCUT2D eigenvalue weighted by Gasteiger charge is -2.07. The van der Waals surface area contributed by atoms with E-state index in [1.165, 1.54) is 11.1 Å². The van der Waals surface area contributed by atoms with Crippen LogP contribution in [-0.2, 0) is 6.42 Å². The summed E-state index contributed by atoms with van der Waals surface area (Å²) in [4.78, 5) is 4.31. The molecule has 1 heterocycles. The number of hydrogen-bond acceptors (Lipinski definition) is 2. The molecule has 0 aliphatic heterocycles. The second-order valence-electron chi connectivity index (χ2n) is 4.18. The zero-order valence-corrected chi connectivity index (χ0v) is 10.2. The third-order valence-corrected chi connectivity index (χ3v) is 2.79. The van der Waals surface area contributed by atoms with Crippen LogP contribution in [0.15, 0.2) is 48.7 Å². The molecule has 2 heteroatoms. The maximum absolute atomic E-state index is 4.31. The fraction of sp³-hybridized carbons (Fsp3) is 0.267. The van der Waals surface area contributed by atoms with E-state index in [0.29, 0.717) is 0 Å². The number of rotatable bonds is 5. The predicted octanol–water partition coefficient (Wildman–Crippen LogP) is 3.43. The molecule has 1 N–H and O–H groups in total. The highest BCUT2D eigenvalue weighted by Gasteiger charge is 1.97. The molecule has 88 valence electrons. The molecule has 0 saturated carbocycles. The van der Waals surface area contributed by atoms with Gasteiger partial charge in [-0.3, -0.25) is 0 Å². The maximum Gasteiger partial charge on any atom is 0.128 e. The highest BCUT2D eigenvalue weighted by molar-refractivity contribution is 5.42. The van der Waals surface area contributed by atoms with Crippen molar-refractivity contribution in [2.45, 2.75) is 19.8 Å². The quantitative estimate of drug-likeness (QED) is 0.790. The molecule has 1 aromatic heterocycles. The highest BCUT2D eigenvalue weighted by atomic mass is 15.0. The van der Waals surface area contributed by atoms with E-state index in [9.17, 15) is 0 Å². The maximum atomic E-state index is 4.31. The van der Waals surface area contributed by atoms with Crippen LogP contribution in [0.5, 0.6) is 0 Å². The topological polar surface area (TPSA) is 24.9 Å². The Kier molecular flexibility index (Phi) is 4.14. The summed E-state index contributed by atoms with van der Waals surface area (Å²) in [6.45, 7) is 3.04. The first-order valence-corrected chi connectivity index (χ1v) is 6.05. The minimum atomic E-state index is 0.965. The van der Waals surface area contributed by atoms with Crippen LogP contribution in [0.2, 0.25) is 0 Å². The summed E-state index contributed by atoms with van der Waals surface area (Å²) in [5.41, 5.74) is 2.60. The van der Waals surface area contributed by atoms with E-state index in [1.807, 2.05) is 12.3 Å². The number of pyridine rings is 1. The average Bonchev–Trinajstić information content (AvgIpc) is 2.38. The van der Waals surface area contributed by atoms with Crippen molar-refractivity contribution < 1.29 is 0 Å². The molecule has 0 amide bonds. The molecule has 2 rings (SSSR count). The zero-order valence-electron chi connectivity index (χ0n) is 10.2. The Morgan fingerprint density at radius 1 is 1.06 bits per heavy atom. The highest BCUT2D eigenvalue weighted by Crippen LogP contribution is 2.09. The van der Waals surface area contributed by atoms with Crippen LogP contribution < -0.4 is 5.32 Å². The number of nitrogens with zero attached hydrogens (tertiary/aromatic N) is 1. The van der Waals surface area contributed by atoms with Gasteiger partial charge in [0.25, 0.3) is 0 Å². The molecule has 0 spiro atoms. The van der Waals surface area contributed by atoms with Crippen LogP contribution in [0.25, 0.3) is 0 Å². The summed E-state index contributed by atoms with van der Waals surface area (Å²) in [6, 6.07) is 14.6. The first-order valence-electron chi connectivity index (χ1n) is 6.05. The Labute approximate surface area is 103 Å². The Balaban J connectivity index is 1.76. The summed E-state index contributed by atoms with van der Waals surface area (Å²) in [5.74, 6) is 1.00. The molecule has 0 aliphatic rings. The second kappa shape index (κ2) is 6.04. The third kappa shape index (κ3) is 3.59. The van der Waals surface area contributed by atoms with E-state index in [4.69, 9.17) is 0 Å². The van der Waals surface area contributed by atoms with Crippen molar-refractivity contribution in [2.24, 2.45) is 0 Å². The molecular formula is C15H18N2.